The molecule has 0 atom stereocenters. The Kier molecular flexibility index (Phi) is 14.6. The Bertz CT molecular complexity index is 1130. The molecule has 1 aromatic heterocycles. The summed E-state index contributed by atoms with van der Waals surface area (Å²) in [5.41, 5.74) is 2.15. The summed E-state index contributed by atoms with van der Waals surface area (Å²) in [4.78, 5) is 66.1. The molecule has 14 nitrogen and oxygen atoms in total. The smallest absolute Gasteiger partial charge is 0.414 e. The lowest BCUT2D eigenvalue weighted by Gasteiger charge is -2.33. The van der Waals surface area contributed by atoms with Crippen LogP contribution in [0.1, 0.15) is 24.2 Å². The van der Waals surface area contributed by atoms with Crippen LogP contribution in [0.3, 0.4) is 0 Å². The van der Waals surface area contributed by atoms with Gasteiger partial charge in [0.1, 0.15) is 10.6 Å². The van der Waals surface area contributed by atoms with Gasteiger partial charge in [-0.1, -0.05) is 37.3 Å². The second-order valence-corrected chi connectivity index (χ2v) is 8.80. The Morgan fingerprint density at radius 1 is 0.825 bits per heavy atom. The Morgan fingerprint density at radius 2 is 1.32 bits per heavy atom. The molecule has 0 unspecified atom stereocenters. The largest absolute Gasteiger partial charge is 0.473 e. The van der Waals surface area contributed by atoms with Crippen molar-refractivity contribution in [1.29, 1.82) is 0 Å². The highest BCUT2D eigenvalue weighted by Gasteiger charge is 2.24. The second kappa shape index (κ2) is 17.3. The summed E-state index contributed by atoms with van der Waals surface area (Å²) < 4.78 is 5.25. The molecule has 2 aromatic rings. The van der Waals surface area contributed by atoms with E-state index in [1.54, 1.807) is 6.92 Å². The molecule has 1 saturated heterocycles. The van der Waals surface area contributed by atoms with Crippen LogP contribution in [0.25, 0.3) is 11.1 Å². The van der Waals surface area contributed by atoms with Gasteiger partial charge in [0.25, 0.3) is 0 Å². The van der Waals surface area contributed by atoms with Crippen LogP contribution in [0.2, 0.25) is 0 Å². The third-order valence-corrected chi connectivity index (χ3v) is 6.15. The standard InChI is InChI=1S/C21H27N3O3S.2C2H2O4/c1-3-23-10-12-24(13-11-23)14-18(25)22-20-19(21(26)27-4-2)17(15-28-20)16-8-6-5-7-9-16;2*3-1(4)2(5)6/h5-9,15H,3-4,10-14H2,1-2H3,(H,22,25);2*(H,3,4)(H,5,6). The number of nitrogens with zero attached hydrogens (tertiary/aromatic N) is 2. The van der Waals surface area contributed by atoms with Crippen LogP contribution in [0.15, 0.2) is 35.7 Å². The van der Waals surface area contributed by atoms with E-state index in [-0.39, 0.29) is 12.5 Å². The number of rotatable bonds is 7. The highest BCUT2D eigenvalue weighted by molar-refractivity contribution is 7.15. The van der Waals surface area contributed by atoms with E-state index < -0.39 is 29.8 Å². The molecule has 1 aromatic carbocycles. The maximum atomic E-state index is 12.6. The highest BCUT2D eigenvalue weighted by Crippen LogP contribution is 2.36. The number of likely N-dealkylation sites (N-methyl/N-ethyl adjacent to an activating group) is 1. The van der Waals surface area contributed by atoms with Crippen LogP contribution in [0.5, 0.6) is 0 Å². The molecule has 0 radical (unpaired) electrons. The van der Waals surface area contributed by atoms with E-state index in [9.17, 15) is 9.59 Å². The van der Waals surface area contributed by atoms with Gasteiger partial charge in [-0.2, -0.15) is 0 Å². The highest BCUT2D eigenvalue weighted by atomic mass is 32.1. The predicted molar refractivity (Wildman–Crippen MR) is 143 cm³/mol. The van der Waals surface area contributed by atoms with Gasteiger partial charge in [-0.05, 0) is 19.0 Å². The van der Waals surface area contributed by atoms with E-state index in [4.69, 9.17) is 44.3 Å². The van der Waals surface area contributed by atoms with Crippen LogP contribution in [-0.4, -0.2) is 112 Å². The van der Waals surface area contributed by atoms with Gasteiger partial charge in [0.05, 0.1) is 13.2 Å². The van der Waals surface area contributed by atoms with Crippen LogP contribution in [0, 0.1) is 0 Å². The maximum Gasteiger partial charge on any atom is 0.414 e. The molecule has 0 saturated carbocycles. The first-order valence-corrected chi connectivity index (χ1v) is 12.8. The minimum atomic E-state index is -1.82. The summed E-state index contributed by atoms with van der Waals surface area (Å²) in [6, 6.07) is 9.68. The average molecular weight is 582 g/mol. The molecule has 1 fully saturated rings. The summed E-state index contributed by atoms with van der Waals surface area (Å²) in [6.45, 7) is 9.32. The fourth-order valence-corrected chi connectivity index (χ4v) is 4.29. The molecule has 5 N–H and O–H groups in total. The van der Waals surface area contributed by atoms with Gasteiger partial charge in [0.2, 0.25) is 5.91 Å². The number of ether oxygens (including phenoxy) is 1. The van der Waals surface area contributed by atoms with Gasteiger partial charge in [0.15, 0.2) is 0 Å². The molecule has 0 bridgehead atoms. The maximum absolute atomic E-state index is 12.6. The number of hydrogen-bond donors (Lipinski definition) is 5. The molecule has 1 aliphatic heterocycles. The first kappa shape index (κ1) is 33.7. The van der Waals surface area contributed by atoms with Gasteiger partial charge in [0, 0.05) is 37.1 Å². The van der Waals surface area contributed by atoms with Crippen molar-refractivity contribution >= 4 is 52.1 Å². The average Bonchev–Trinajstić information content (AvgIpc) is 3.33. The number of carbonyl (C=O) groups excluding carboxylic acids is 2. The number of hydrogen-bond acceptors (Lipinski definition) is 10. The number of benzene rings is 1. The van der Waals surface area contributed by atoms with Crippen molar-refractivity contribution in [3.63, 3.8) is 0 Å². The third kappa shape index (κ3) is 11.6. The summed E-state index contributed by atoms with van der Waals surface area (Å²) in [5, 5.41) is 35.0. The zero-order chi connectivity index (χ0) is 30.2. The van der Waals surface area contributed by atoms with Crippen LogP contribution in [-0.2, 0) is 28.7 Å². The number of thiophene rings is 1. The van der Waals surface area contributed by atoms with Gasteiger partial charge < -0.3 is 35.4 Å². The van der Waals surface area contributed by atoms with Crippen LogP contribution < -0.4 is 5.32 Å². The number of carboxylic acid groups (broad SMARTS) is 4. The van der Waals surface area contributed by atoms with Crippen molar-refractivity contribution in [2.24, 2.45) is 0 Å². The number of piperazine rings is 1. The van der Waals surface area contributed by atoms with Gasteiger partial charge >= 0.3 is 29.8 Å². The fourth-order valence-electron chi connectivity index (χ4n) is 3.32. The molecular formula is C25H31N3O11S. The summed E-state index contributed by atoms with van der Waals surface area (Å²) in [5.74, 6) is -7.80. The Hall–Kier alpha value is -4.34. The minimum absolute atomic E-state index is 0.100. The number of nitrogens with one attached hydrogen (secondary N) is 1. The van der Waals surface area contributed by atoms with Gasteiger partial charge in [-0.3, -0.25) is 9.69 Å². The van der Waals surface area contributed by atoms with Crippen LogP contribution >= 0.6 is 11.3 Å². The molecule has 3 rings (SSSR count). The lowest BCUT2D eigenvalue weighted by atomic mass is 10.0. The zero-order valence-corrected chi connectivity index (χ0v) is 22.7. The molecule has 1 amide bonds. The van der Waals surface area contributed by atoms with Crippen molar-refractivity contribution in [2.75, 3.05) is 51.2 Å². The van der Waals surface area contributed by atoms with E-state index in [2.05, 4.69) is 22.0 Å². The first-order valence-electron chi connectivity index (χ1n) is 11.9. The normalized spacial score (nSPS) is 12.9. The number of anilines is 1. The number of amides is 1. The van der Waals surface area contributed by atoms with Gasteiger partial charge in [-0.15, -0.1) is 11.3 Å². The predicted octanol–water partition coefficient (Wildman–Crippen LogP) is 1.48. The van der Waals surface area contributed by atoms with E-state index in [1.165, 1.54) is 11.3 Å². The van der Waals surface area contributed by atoms with Gasteiger partial charge in [-0.25, -0.2) is 24.0 Å². The summed E-state index contributed by atoms with van der Waals surface area (Å²) in [6.07, 6.45) is 0. The van der Waals surface area contributed by atoms with Crippen molar-refractivity contribution in [1.82, 2.24) is 9.80 Å². The van der Waals surface area contributed by atoms with E-state index >= 15 is 0 Å². The number of carboxylic acids is 4. The van der Waals surface area contributed by atoms with Crippen molar-refractivity contribution in [2.45, 2.75) is 13.8 Å². The Labute approximate surface area is 233 Å². The van der Waals surface area contributed by atoms with Crippen molar-refractivity contribution in [3.8, 4) is 11.1 Å². The lowest BCUT2D eigenvalue weighted by molar-refractivity contribution is -0.159. The Balaban J connectivity index is 0.000000559. The second-order valence-electron chi connectivity index (χ2n) is 7.92. The number of aliphatic carboxylic acids is 4. The quantitative estimate of drug-likeness (QED) is 0.232. The molecule has 0 aliphatic carbocycles. The summed E-state index contributed by atoms with van der Waals surface area (Å²) in [7, 11) is 0. The molecule has 1 aliphatic rings. The molecule has 2 heterocycles. The van der Waals surface area contributed by atoms with Crippen LogP contribution in [0.4, 0.5) is 5.00 Å². The zero-order valence-electron chi connectivity index (χ0n) is 21.9. The molecule has 0 spiro atoms. The third-order valence-electron chi connectivity index (χ3n) is 5.25. The Morgan fingerprint density at radius 3 is 1.77 bits per heavy atom. The van der Waals surface area contributed by atoms with E-state index in [0.717, 1.165) is 43.9 Å². The lowest BCUT2D eigenvalue weighted by Crippen LogP contribution is -2.48. The molecule has 218 valence electrons. The number of carbonyl (C=O) groups is 6. The topological polar surface area (TPSA) is 211 Å². The first-order chi connectivity index (χ1) is 18.9. The van der Waals surface area contributed by atoms with Crippen molar-refractivity contribution < 1.29 is 53.9 Å². The summed E-state index contributed by atoms with van der Waals surface area (Å²) >= 11 is 1.36. The molecule has 15 heteroatoms. The SMILES string of the molecule is CCOC(=O)c1c(-c2ccccc2)csc1NC(=O)CN1CCN(CC)CC1.O=C(O)C(=O)O.O=C(O)C(=O)O. The molecular weight excluding hydrogens is 550 g/mol. The molecule has 40 heavy (non-hydrogen) atoms. The number of esters is 1. The van der Waals surface area contributed by atoms with E-state index in [0.29, 0.717) is 17.1 Å². The van der Waals surface area contributed by atoms with E-state index in [1.807, 2.05) is 35.7 Å². The van der Waals surface area contributed by atoms with Crippen molar-refractivity contribution in [3.05, 3.63) is 41.3 Å². The minimum Gasteiger partial charge on any atom is -0.473 e. The monoisotopic (exact) mass is 581 g/mol. The fraction of sp³-hybridized carbons (Fsp3) is 0.360.